The van der Waals surface area contributed by atoms with Gasteiger partial charge in [-0.15, -0.1) is 0 Å². The number of ether oxygens (including phenoxy) is 1. The van der Waals surface area contributed by atoms with E-state index in [1.165, 1.54) is 32.1 Å². The maximum Gasteiger partial charge on any atom is 0.327 e. The van der Waals surface area contributed by atoms with Crippen LogP contribution in [-0.2, 0) is 9.53 Å². The van der Waals surface area contributed by atoms with E-state index in [-0.39, 0.29) is 17.8 Å². The van der Waals surface area contributed by atoms with Crippen molar-refractivity contribution in [1.29, 1.82) is 0 Å². The summed E-state index contributed by atoms with van der Waals surface area (Å²) in [6.45, 7) is 11.6. The van der Waals surface area contributed by atoms with Gasteiger partial charge < -0.3 is 15.2 Å². The molecule has 1 aromatic carbocycles. The molecule has 1 aliphatic rings. The Morgan fingerprint density at radius 2 is 1.62 bits per heavy atom. The van der Waals surface area contributed by atoms with Crippen LogP contribution in [-0.4, -0.2) is 24.2 Å². The van der Waals surface area contributed by atoms with E-state index in [9.17, 15) is 9.90 Å². The van der Waals surface area contributed by atoms with E-state index in [4.69, 9.17) is 4.74 Å². The molecule has 2 rings (SSSR count). The molecule has 0 spiro atoms. The van der Waals surface area contributed by atoms with Gasteiger partial charge >= 0.3 is 5.97 Å². The number of rotatable bonds is 10. The fourth-order valence-electron chi connectivity index (χ4n) is 4.30. The smallest absolute Gasteiger partial charge is 0.327 e. The molecule has 0 heterocycles. The number of carbonyl (C=O) groups excluding carboxylic acids is 1. The number of hydrogen-bond acceptors (Lipinski definition) is 4. The van der Waals surface area contributed by atoms with E-state index in [2.05, 4.69) is 33.0 Å². The van der Waals surface area contributed by atoms with Gasteiger partial charge in [0.25, 0.3) is 0 Å². The first-order chi connectivity index (χ1) is 13.9. The highest BCUT2D eigenvalue weighted by molar-refractivity contribution is 5.78. The monoisotopic (exact) mass is 403 g/mol. The minimum atomic E-state index is -0.483. The largest absolute Gasteiger partial charge is 0.507 e. The second-order valence-electron chi connectivity index (χ2n) is 8.76. The predicted octanol–water partition coefficient (Wildman–Crippen LogP) is 6.19. The first-order valence-corrected chi connectivity index (χ1v) is 11.7. The van der Waals surface area contributed by atoms with Gasteiger partial charge in [0.2, 0.25) is 0 Å². The minimum Gasteiger partial charge on any atom is -0.507 e. The summed E-state index contributed by atoms with van der Waals surface area (Å²) < 4.78 is 5.42. The number of phenolic OH excluding ortho intramolecular Hbond substituents is 1. The van der Waals surface area contributed by atoms with Gasteiger partial charge in [-0.25, -0.2) is 4.79 Å². The lowest BCUT2D eigenvalue weighted by Crippen LogP contribution is -2.34. The molecule has 0 aliphatic heterocycles. The Kier molecular flexibility index (Phi) is 9.48. The van der Waals surface area contributed by atoms with Crippen LogP contribution in [0.25, 0.3) is 0 Å². The van der Waals surface area contributed by atoms with E-state index in [0.717, 1.165) is 36.1 Å². The van der Waals surface area contributed by atoms with Crippen molar-refractivity contribution in [2.24, 2.45) is 5.92 Å². The molecule has 1 saturated carbocycles. The summed E-state index contributed by atoms with van der Waals surface area (Å²) in [7, 11) is 0. The summed E-state index contributed by atoms with van der Waals surface area (Å²) in [4.78, 5) is 12.9. The average Bonchev–Trinajstić information content (AvgIpc) is 2.74. The van der Waals surface area contributed by atoms with Crippen LogP contribution in [0, 0.1) is 5.92 Å². The first-order valence-electron chi connectivity index (χ1n) is 11.7. The number of hydrogen-bond donors (Lipinski definition) is 2. The molecule has 0 saturated heterocycles. The van der Waals surface area contributed by atoms with Crippen LogP contribution < -0.4 is 5.32 Å². The van der Waals surface area contributed by atoms with Crippen molar-refractivity contribution in [1.82, 2.24) is 5.32 Å². The van der Waals surface area contributed by atoms with Gasteiger partial charge in [0.05, 0.1) is 6.61 Å². The quantitative estimate of drug-likeness (QED) is 0.457. The lowest BCUT2D eigenvalue weighted by molar-refractivity contribution is -0.145. The number of carbonyl (C=O) groups is 1. The van der Waals surface area contributed by atoms with E-state index >= 15 is 0 Å². The number of aromatic hydroxyl groups is 1. The van der Waals surface area contributed by atoms with Crippen LogP contribution in [0.3, 0.4) is 0 Å². The molecule has 29 heavy (non-hydrogen) atoms. The molecular weight excluding hydrogens is 362 g/mol. The predicted molar refractivity (Wildman–Crippen MR) is 119 cm³/mol. The maximum atomic E-state index is 12.9. The summed E-state index contributed by atoms with van der Waals surface area (Å²) in [5.74, 6) is 1.27. The average molecular weight is 404 g/mol. The standard InChI is InChI=1S/C25H41NO3/c1-6-17(4)21-14-20(15-22(24(21)27)18(5)7-2)23(25(28)29-8-3)26-16-19-12-10-9-11-13-19/h14-15,17-19,23,26-27H,6-13,16H2,1-5H3. The van der Waals surface area contributed by atoms with Crippen molar-refractivity contribution in [2.75, 3.05) is 13.2 Å². The number of benzene rings is 1. The van der Waals surface area contributed by atoms with Crippen molar-refractivity contribution in [2.45, 2.75) is 97.4 Å². The van der Waals surface area contributed by atoms with Gasteiger partial charge in [0.1, 0.15) is 11.8 Å². The number of nitrogens with one attached hydrogen (secondary N) is 1. The Morgan fingerprint density at radius 3 is 2.10 bits per heavy atom. The van der Waals surface area contributed by atoms with Crippen molar-refractivity contribution < 1.29 is 14.6 Å². The molecule has 4 nitrogen and oxygen atoms in total. The zero-order valence-electron chi connectivity index (χ0n) is 19.1. The number of phenols is 1. The lowest BCUT2D eigenvalue weighted by atomic mass is 9.86. The highest BCUT2D eigenvalue weighted by Crippen LogP contribution is 2.38. The molecule has 2 N–H and O–H groups in total. The normalized spacial score (nSPS) is 18.2. The van der Waals surface area contributed by atoms with Crippen molar-refractivity contribution in [3.8, 4) is 5.75 Å². The molecule has 0 amide bonds. The van der Waals surface area contributed by atoms with Crippen LogP contribution in [0.15, 0.2) is 12.1 Å². The summed E-state index contributed by atoms with van der Waals surface area (Å²) in [5.41, 5.74) is 2.80. The van der Waals surface area contributed by atoms with E-state index in [0.29, 0.717) is 18.3 Å². The molecule has 1 aromatic rings. The SMILES string of the molecule is CCOC(=O)C(NCC1CCCCC1)c1cc(C(C)CC)c(O)c(C(C)CC)c1. The van der Waals surface area contributed by atoms with E-state index in [1.54, 1.807) is 0 Å². The Balaban J connectivity index is 2.39. The highest BCUT2D eigenvalue weighted by Gasteiger charge is 2.27. The van der Waals surface area contributed by atoms with Crippen LogP contribution in [0.1, 0.15) is 114 Å². The summed E-state index contributed by atoms with van der Waals surface area (Å²) in [6.07, 6.45) is 8.24. The second kappa shape index (κ2) is 11.6. The lowest BCUT2D eigenvalue weighted by Gasteiger charge is -2.27. The molecule has 4 heteroatoms. The fraction of sp³-hybridized carbons (Fsp3) is 0.720. The molecule has 0 aromatic heterocycles. The van der Waals surface area contributed by atoms with Crippen LogP contribution >= 0.6 is 0 Å². The summed E-state index contributed by atoms with van der Waals surface area (Å²) >= 11 is 0. The van der Waals surface area contributed by atoms with Gasteiger partial charge in [-0.2, -0.15) is 0 Å². The molecule has 3 unspecified atom stereocenters. The van der Waals surface area contributed by atoms with Crippen molar-refractivity contribution in [3.63, 3.8) is 0 Å². The molecule has 1 aliphatic carbocycles. The topological polar surface area (TPSA) is 58.6 Å². The molecular formula is C25H41NO3. The van der Waals surface area contributed by atoms with Crippen LogP contribution in [0.5, 0.6) is 5.75 Å². The van der Waals surface area contributed by atoms with Gasteiger partial charge in [0, 0.05) is 0 Å². The third-order valence-electron chi connectivity index (χ3n) is 6.67. The van der Waals surface area contributed by atoms with E-state index < -0.39 is 6.04 Å². The first kappa shape index (κ1) is 23.7. The Hall–Kier alpha value is -1.55. The molecule has 1 fully saturated rings. The third-order valence-corrected chi connectivity index (χ3v) is 6.67. The maximum absolute atomic E-state index is 12.9. The Bertz CT molecular complexity index is 620. The molecule has 3 atom stereocenters. The second-order valence-corrected chi connectivity index (χ2v) is 8.76. The number of esters is 1. The van der Waals surface area contributed by atoms with Gasteiger partial charge in [-0.3, -0.25) is 0 Å². The molecule has 0 radical (unpaired) electrons. The molecule has 164 valence electrons. The minimum absolute atomic E-state index is 0.223. The van der Waals surface area contributed by atoms with Crippen LogP contribution in [0.2, 0.25) is 0 Å². The Labute approximate surface area is 177 Å². The van der Waals surface area contributed by atoms with Crippen molar-refractivity contribution in [3.05, 3.63) is 28.8 Å². The zero-order chi connectivity index (χ0) is 21.4. The Morgan fingerprint density at radius 1 is 1.07 bits per heavy atom. The van der Waals surface area contributed by atoms with Gasteiger partial charge in [-0.1, -0.05) is 47.0 Å². The zero-order valence-corrected chi connectivity index (χ0v) is 19.1. The van der Waals surface area contributed by atoms with Gasteiger partial charge in [-0.05, 0) is 85.7 Å². The van der Waals surface area contributed by atoms with E-state index in [1.807, 2.05) is 19.1 Å². The summed E-state index contributed by atoms with van der Waals surface area (Å²) in [5, 5.41) is 14.5. The molecule has 0 bridgehead atoms. The van der Waals surface area contributed by atoms with Crippen LogP contribution in [0.4, 0.5) is 0 Å². The highest BCUT2D eigenvalue weighted by atomic mass is 16.5. The third kappa shape index (κ3) is 6.21. The summed E-state index contributed by atoms with van der Waals surface area (Å²) in [6, 6.07) is 3.55. The van der Waals surface area contributed by atoms with Gasteiger partial charge in [0.15, 0.2) is 0 Å². The fourth-order valence-corrected chi connectivity index (χ4v) is 4.30. The van der Waals surface area contributed by atoms with Crippen molar-refractivity contribution >= 4 is 5.97 Å².